The van der Waals surface area contributed by atoms with Gasteiger partial charge in [0.2, 0.25) is 0 Å². The Morgan fingerprint density at radius 3 is 2.23 bits per heavy atom. The average molecular weight is 440 g/mol. The lowest BCUT2D eigenvalue weighted by Crippen LogP contribution is -2.42. The third-order valence-electron chi connectivity index (χ3n) is 4.06. The second kappa shape index (κ2) is 12.1. The van der Waals surface area contributed by atoms with E-state index in [4.69, 9.17) is 18.9 Å². The number of hydrogen-bond acceptors (Lipinski definition) is 6. The highest BCUT2D eigenvalue weighted by atomic mass is 28.3. The molecule has 1 aromatic carbocycles. The van der Waals surface area contributed by atoms with Gasteiger partial charge in [0.25, 0.3) is 0 Å². The molecule has 8 heteroatoms. The monoisotopic (exact) mass is 439 g/mol. The maximum atomic E-state index is 12.2. The molecular weight excluding hydrogens is 402 g/mol. The van der Waals surface area contributed by atoms with Gasteiger partial charge in [0, 0.05) is 14.7 Å². The number of carbonyl (C=O) groups is 2. The van der Waals surface area contributed by atoms with Crippen LogP contribution in [-0.4, -0.2) is 58.9 Å². The molecule has 1 atom stereocenters. The fraction of sp³-hybridized carbons (Fsp3) is 0.636. The molecule has 0 heterocycles. The van der Waals surface area contributed by atoms with Crippen molar-refractivity contribution >= 4 is 20.1 Å². The number of carbonyl (C=O) groups excluding carboxylic acids is 2. The van der Waals surface area contributed by atoms with E-state index in [1.54, 1.807) is 12.1 Å². The van der Waals surface area contributed by atoms with E-state index in [0.717, 1.165) is 11.6 Å². The molecule has 0 saturated heterocycles. The Hall–Kier alpha value is -1.90. The predicted molar refractivity (Wildman–Crippen MR) is 120 cm³/mol. The summed E-state index contributed by atoms with van der Waals surface area (Å²) in [7, 11) is 0.210. The van der Waals surface area contributed by atoms with Gasteiger partial charge in [0.05, 0.1) is 25.3 Å². The van der Waals surface area contributed by atoms with Crippen LogP contribution < -0.4 is 5.32 Å². The van der Waals surface area contributed by atoms with Gasteiger partial charge in [-0.15, -0.1) is 0 Å². The number of nitrogens with one attached hydrogen (secondary N) is 1. The molecule has 1 rings (SSSR count). The van der Waals surface area contributed by atoms with Gasteiger partial charge in [0.15, 0.2) is 0 Å². The SMILES string of the molecule is COC(=O)c1ccc(C[C@@H](COCOCC[Si](C)(C)C)NC(=O)OC(C)(C)C)cc1. The molecule has 1 N–H and O–H groups in total. The molecule has 30 heavy (non-hydrogen) atoms. The minimum Gasteiger partial charge on any atom is -0.465 e. The van der Waals surface area contributed by atoms with Crippen LogP contribution >= 0.6 is 0 Å². The zero-order valence-electron chi connectivity index (χ0n) is 19.4. The first-order chi connectivity index (χ1) is 13.9. The quantitative estimate of drug-likeness (QED) is 0.240. The zero-order chi connectivity index (χ0) is 22.8. The van der Waals surface area contributed by atoms with Crippen LogP contribution in [0.25, 0.3) is 0 Å². The highest BCUT2D eigenvalue weighted by Crippen LogP contribution is 2.11. The Labute approximate surface area is 181 Å². The predicted octanol–water partition coefficient (Wildman–Crippen LogP) is 4.24. The molecule has 0 saturated carbocycles. The second-order valence-electron chi connectivity index (χ2n) is 9.44. The maximum Gasteiger partial charge on any atom is 0.407 e. The molecule has 170 valence electrons. The zero-order valence-corrected chi connectivity index (χ0v) is 20.4. The topological polar surface area (TPSA) is 83.1 Å². The molecule has 0 bridgehead atoms. The standard InChI is InChI=1S/C22H37NO6Si/c1-22(2,3)29-21(25)23-19(15-28-16-27-12-13-30(5,6)7)14-17-8-10-18(11-9-17)20(24)26-4/h8-11,19H,12-16H2,1-7H3,(H,23,25)/t19-/m0/s1. The van der Waals surface area contributed by atoms with Gasteiger partial charge in [-0.1, -0.05) is 31.8 Å². The number of esters is 1. The van der Waals surface area contributed by atoms with E-state index in [1.165, 1.54) is 7.11 Å². The van der Waals surface area contributed by atoms with Crippen LogP contribution in [0.5, 0.6) is 0 Å². The van der Waals surface area contributed by atoms with Crippen LogP contribution in [0.4, 0.5) is 4.79 Å². The normalized spacial score (nSPS) is 12.9. The minimum atomic E-state index is -1.14. The van der Waals surface area contributed by atoms with E-state index < -0.39 is 19.8 Å². The Balaban J connectivity index is 2.63. The highest BCUT2D eigenvalue weighted by Gasteiger charge is 2.20. The molecular formula is C22H37NO6Si. The number of hydrogen-bond donors (Lipinski definition) is 1. The first kappa shape index (κ1) is 26.1. The molecule has 0 unspecified atom stereocenters. The van der Waals surface area contributed by atoms with Gasteiger partial charge >= 0.3 is 12.1 Å². The molecule has 1 amide bonds. The van der Waals surface area contributed by atoms with Crippen molar-refractivity contribution in [3.05, 3.63) is 35.4 Å². The third-order valence-corrected chi connectivity index (χ3v) is 5.76. The van der Waals surface area contributed by atoms with Crippen molar-refractivity contribution in [2.45, 2.75) is 64.5 Å². The van der Waals surface area contributed by atoms with Crippen LogP contribution in [0.1, 0.15) is 36.7 Å². The summed E-state index contributed by atoms with van der Waals surface area (Å²) >= 11 is 0. The molecule has 0 aliphatic carbocycles. The van der Waals surface area contributed by atoms with Crippen LogP contribution in [-0.2, 0) is 25.4 Å². The van der Waals surface area contributed by atoms with Crippen molar-refractivity contribution in [1.82, 2.24) is 5.32 Å². The smallest absolute Gasteiger partial charge is 0.407 e. The fourth-order valence-corrected chi connectivity index (χ4v) is 3.25. The van der Waals surface area contributed by atoms with E-state index in [1.807, 2.05) is 32.9 Å². The summed E-state index contributed by atoms with van der Waals surface area (Å²) in [5.41, 5.74) is 0.842. The van der Waals surface area contributed by atoms with Gasteiger partial charge in [-0.2, -0.15) is 0 Å². The van der Waals surface area contributed by atoms with Gasteiger partial charge in [0.1, 0.15) is 12.4 Å². The van der Waals surface area contributed by atoms with Crippen molar-refractivity contribution in [2.24, 2.45) is 0 Å². The summed E-state index contributed by atoms with van der Waals surface area (Å²) in [4.78, 5) is 23.8. The molecule has 0 radical (unpaired) electrons. The van der Waals surface area contributed by atoms with E-state index >= 15 is 0 Å². The second-order valence-corrected chi connectivity index (χ2v) is 15.1. The molecule has 0 aliphatic heterocycles. The highest BCUT2D eigenvalue weighted by molar-refractivity contribution is 6.76. The van der Waals surface area contributed by atoms with Crippen LogP contribution in [0, 0.1) is 0 Å². The van der Waals surface area contributed by atoms with E-state index in [9.17, 15) is 9.59 Å². The summed E-state index contributed by atoms with van der Waals surface area (Å²) in [5, 5.41) is 2.86. The van der Waals surface area contributed by atoms with Crippen molar-refractivity contribution in [3.8, 4) is 0 Å². The maximum absolute atomic E-state index is 12.2. The summed E-state index contributed by atoms with van der Waals surface area (Å²) in [6.45, 7) is 13.5. The lowest BCUT2D eigenvalue weighted by atomic mass is 10.0. The first-order valence-corrected chi connectivity index (χ1v) is 13.9. The van der Waals surface area contributed by atoms with Crippen molar-refractivity contribution in [3.63, 3.8) is 0 Å². The lowest BCUT2D eigenvalue weighted by molar-refractivity contribution is -0.0562. The Morgan fingerprint density at radius 2 is 1.70 bits per heavy atom. The third kappa shape index (κ3) is 11.9. The molecule has 1 aromatic rings. The Bertz CT molecular complexity index is 664. The van der Waals surface area contributed by atoms with E-state index in [2.05, 4.69) is 25.0 Å². The van der Waals surface area contributed by atoms with Crippen molar-refractivity contribution in [2.75, 3.05) is 27.1 Å². The van der Waals surface area contributed by atoms with Crippen LogP contribution in [0.3, 0.4) is 0 Å². The fourth-order valence-electron chi connectivity index (χ4n) is 2.49. The first-order valence-electron chi connectivity index (χ1n) is 10.2. The Morgan fingerprint density at radius 1 is 1.07 bits per heavy atom. The number of alkyl carbamates (subject to hydrolysis) is 1. The van der Waals surface area contributed by atoms with Crippen molar-refractivity contribution < 1.29 is 28.5 Å². The van der Waals surface area contributed by atoms with Gasteiger partial charge < -0.3 is 24.3 Å². The lowest BCUT2D eigenvalue weighted by Gasteiger charge is -2.24. The average Bonchev–Trinajstić information content (AvgIpc) is 2.62. The summed E-state index contributed by atoms with van der Waals surface area (Å²) in [5.74, 6) is -0.385. The summed E-state index contributed by atoms with van der Waals surface area (Å²) in [6, 6.07) is 7.84. The minimum absolute atomic E-state index is 0.179. The summed E-state index contributed by atoms with van der Waals surface area (Å²) < 4.78 is 21.3. The van der Waals surface area contributed by atoms with Crippen LogP contribution in [0.15, 0.2) is 24.3 Å². The number of ether oxygens (including phenoxy) is 4. The number of amides is 1. The molecule has 0 spiro atoms. The summed E-state index contributed by atoms with van der Waals surface area (Å²) in [6.07, 6.45) is 0.0252. The van der Waals surface area contributed by atoms with Gasteiger partial charge in [-0.3, -0.25) is 0 Å². The van der Waals surface area contributed by atoms with E-state index in [-0.39, 0.29) is 25.4 Å². The van der Waals surface area contributed by atoms with Gasteiger partial charge in [-0.05, 0) is 50.9 Å². The number of benzene rings is 1. The number of methoxy groups -OCH3 is 1. The number of rotatable bonds is 11. The molecule has 0 aromatic heterocycles. The Kier molecular flexibility index (Phi) is 10.5. The molecule has 7 nitrogen and oxygen atoms in total. The largest absolute Gasteiger partial charge is 0.465 e. The van der Waals surface area contributed by atoms with Gasteiger partial charge in [-0.25, -0.2) is 9.59 Å². The molecule has 0 aliphatic rings. The van der Waals surface area contributed by atoms with E-state index in [0.29, 0.717) is 18.6 Å². The van der Waals surface area contributed by atoms with Crippen molar-refractivity contribution in [1.29, 1.82) is 0 Å². The molecule has 0 fully saturated rings. The van der Waals surface area contributed by atoms with Crippen LogP contribution in [0.2, 0.25) is 25.7 Å².